The van der Waals surface area contributed by atoms with Gasteiger partial charge in [-0.3, -0.25) is 9.59 Å². The summed E-state index contributed by atoms with van der Waals surface area (Å²) in [5.41, 5.74) is 2.31. The lowest BCUT2D eigenvalue weighted by molar-refractivity contribution is -0.133. The standard InChI is InChI=1S/C16H13ClN4O3/c1-24-14-5-2-9(17)6-13(14)21-16(23)15(22)20-10-3-4-11-12(7-10)19-8-18-11/h2-8H,1H3,(H,18,19)(H,20,22)(H,21,23). The second-order valence-corrected chi connectivity index (χ2v) is 5.32. The number of rotatable bonds is 3. The van der Waals surface area contributed by atoms with Crippen LogP contribution in [0.1, 0.15) is 0 Å². The molecule has 0 aliphatic carbocycles. The lowest BCUT2D eigenvalue weighted by atomic mass is 10.2. The Morgan fingerprint density at radius 3 is 2.71 bits per heavy atom. The summed E-state index contributed by atoms with van der Waals surface area (Å²) < 4.78 is 5.12. The van der Waals surface area contributed by atoms with Gasteiger partial charge < -0.3 is 20.4 Å². The molecule has 0 saturated carbocycles. The van der Waals surface area contributed by atoms with Crippen LogP contribution in [0.25, 0.3) is 11.0 Å². The number of aromatic nitrogens is 2. The summed E-state index contributed by atoms with van der Waals surface area (Å²) in [6, 6.07) is 9.81. The molecule has 0 saturated heterocycles. The molecule has 3 rings (SSSR count). The number of aromatic amines is 1. The van der Waals surface area contributed by atoms with Gasteiger partial charge in [-0.05, 0) is 36.4 Å². The fraction of sp³-hybridized carbons (Fsp3) is 0.0625. The fourth-order valence-electron chi connectivity index (χ4n) is 2.16. The Labute approximate surface area is 142 Å². The van der Waals surface area contributed by atoms with E-state index in [1.807, 2.05) is 0 Å². The van der Waals surface area contributed by atoms with Crippen molar-refractivity contribution in [2.45, 2.75) is 0 Å². The molecule has 0 fully saturated rings. The number of anilines is 2. The highest BCUT2D eigenvalue weighted by molar-refractivity contribution is 6.44. The maximum Gasteiger partial charge on any atom is 0.314 e. The molecule has 0 bridgehead atoms. The van der Waals surface area contributed by atoms with Crippen molar-refractivity contribution >= 4 is 45.8 Å². The quantitative estimate of drug-likeness (QED) is 0.636. The van der Waals surface area contributed by atoms with Crippen LogP contribution in [0, 0.1) is 0 Å². The number of nitrogens with zero attached hydrogens (tertiary/aromatic N) is 1. The van der Waals surface area contributed by atoms with E-state index in [9.17, 15) is 9.59 Å². The van der Waals surface area contributed by atoms with Gasteiger partial charge in [-0.2, -0.15) is 0 Å². The van der Waals surface area contributed by atoms with Gasteiger partial charge in [0.25, 0.3) is 0 Å². The summed E-state index contributed by atoms with van der Waals surface area (Å²) in [4.78, 5) is 31.1. The average Bonchev–Trinajstić information content (AvgIpc) is 3.02. The van der Waals surface area contributed by atoms with Gasteiger partial charge >= 0.3 is 11.8 Å². The number of carbonyl (C=O) groups excluding carboxylic acids is 2. The molecule has 8 heteroatoms. The summed E-state index contributed by atoms with van der Waals surface area (Å²) in [6.45, 7) is 0. The minimum absolute atomic E-state index is 0.314. The maximum absolute atomic E-state index is 12.1. The van der Waals surface area contributed by atoms with Crippen LogP contribution in [0.5, 0.6) is 5.75 Å². The molecule has 2 aromatic carbocycles. The highest BCUT2D eigenvalue weighted by Gasteiger charge is 2.16. The second-order valence-electron chi connectivity index (χ2n) is 4.89. The van der Waals surface area contributed by atoms with Gasteiger partial charge in [0.05, 0.1) is 30.2 Å². The van der Waals surface area contributed by atoms with E-state index in [4.69, 9.17) is 16.3 Å². The van der Waals surface area contributed by atoms with E-state index >= 15 is 0 Å². The van der Waals surface area contributed by atoms with Crippen molar-refractivity contribution in [1.82, 2.24) is 9.97 Å². The van der Waals surface area contributed by atoms with Gasteiger partial charge in [0.2, 0.25) is 0 Å². The molecule has 0 radical (unpaired) electrons. The fourth-order valence-corrected chi connectivity index (χ4v) is 2.33. The summed E-state index contributed by atoms with van der Waals surface area (Å²) in [5, 5.41) is 5.41. The van der Waals surface area contributed by atoms with E-state index < -0.39 is 11.8 Å². The first-order valence-corrected chi connectivity index (χ1v) is 7.33. The van der Waals surface area contributed by atoms with Gasteiger partial charge in [0.15, 0.2) is 0 Å². The van der Waals surface area contributed by atoms with Crippen molar-refractivity contribution in [2.75, 3.05) is 17.7 Å². The first-order chi connectivity index (χ1) is 11.6. The Morgan fingerprint density at radius 2 is 1.92 bits per heavy atom. The molecule has 2 amide bonds. The van der Waals surface area contributed by atoms with E-state index in [0.29, 0.717) is 22.1 Å². The molecular formula is C16H13ClN4O3. The van der Waals surface area contributed by atoms with Gasteiger partial charge in [-0.1, -0.05) is 11.6 Å². The number of carbonyl (C=O) groups is 2. The highest BCUT2D eigenvalue weighted by Crippen LogP contribution is 2.27. The Morgan fingerprint density at radius 1 is 1.12 bits per heavy atom. The predicted octanol–water partition coefficient (Wildman–Crippen LogP) is 2.80. The van der Waals surface area contributed by atoms with Crippen molar-refractivity contribution in [3.8, 4) is 5.75 Å². The number of fused-ring (bicyclic) bond motifs is 1. The molecule has 0 aliphatic rings. The van der Waals surface area contributed by atoms with E-state index in [1.165, 1.54) is 13.2 Å². The summed E-state index contributed by atoms with van der Waals surface area (Å²) >= 11 is 5.89. The van der Waals surface area contributed by atoms with E-state index in [0.717, 1.165) is 11.0 Å². The van der Waals surface area contributed by atoms with Crippen LogP contribution in [0.3, 0.4) is 0 Å². The van der Waals surface area contributed by atoms with Crippen LogP contribution < -0.4 is 15.4 Å². The lowest BCUT2D eigenvalue weighted by Gasteiger charge is -2.10. The minimum atomic E-state index is -0.833. The number of ether oxygens (including phenoxy) is 1. The number of H-pyrrole nitrogens is 1. The van der Waals surface area contributed by atoms with Gasteiger partial charge in [0, 0.05) is 10.7 Å². The Hall–Kier alpha value is -3.06. The third kappa shape index (κ3) is 3.31. The number of halogens is 1. The topological polar surface area (TPSA) is 96.1 Å². The zero-order valence-corrected chi connectivity index (χ0v) is 13.3. The molecule has 0 spiro atoms. The summed E-state index contributed by atoms with van der Waals surface area (Å²) in [6.07, 6.45) is 1.55. The smallest absolute Gasteiger partial charge is 0.314 e. The molecule has 0 atom stereocenters. The number of nitrogens with one attached hydrogen (secondary N) is 3. The van der Waals surface area contributed by atoms with Crippen molar-refractivity contribution in [1.29, 1.82) is 0 Å². The van der Waals surface area contributed by atoms with Gasteiger partial charge in [-0.25, -0.2) is 4.98 Å². The molecule has 0 unspecified atom stereocenters. The predicted molar refractivity (Wildman–Crippen MR) is 91.4 cm³/mol. The van der Waals surface area contributed by atoms with Crippen molar-refractivity contribution in [3.05, 3.63) is 47.7 Å². The van der Waals surface area contributed by atoms with E-state index in [-0.39, 0.29) is 0 Å². The third-order valence-corrected chi connectivity index (χ3v) is 3.53. The minimum Gasteiger partial charge on any atom is -0.495 e. The van der Waals surface area contributed by atoms with Crippen LogP contribution in [0.2, 0.25) is 5.02 Å². The van der Waals surface area contributed by atoms with E-state index in [2.05, 4.69) is 20.6 Å². The molecule has 3 aromatic rings. The van der Waals surface area contributed by atoms with Crippen LogP contribution in [-0.4, -0.2) is 28.9 Å². The largest absolute Gasteiger partial charge is 0.495 e. The number of hydrogen-bond acceptors (Lipinski definition) is 4. The monoisotopic (exact) mass is 344 g/mol. The number of hydrogen-bond donors (Lipinski definition) is 3. The second kappa shape index (κ2) is 6.59. The molecule has 1 heterocycles. The van der Waals surface area contributed by atoms with Crippen molar-refractivity contribution in [2.24, 2.45) is 0 Å². The average molecular weight is 345 g/mol. The molecule has 7 nitrogen and oxygen atoms in total. The molecule has 122 valence electrons. The van der Waals surface area contributed by atoms with E-state index in [1.54, 1.807) is 36.7 Å². The number of methoxy groups -OCH3 is 1. The summed E-state index contributed by atoms with van der Waals surface area (Å²) in [7, 11) is 1.46. The first kappa shape index (κ1) is 15.8. The Bertz CT molecular complexity index is 923. The summed E-state index contributed by atoms with van der Waals surface area (Å²) in [5.74, 6) is -1.24. The van der Waals surface area contributed by atoms with Crippen LogP contribution in [0.15, 0.2) is 42.7 Å². The first-order valence-electron chi connectivity index (χ1n) is 6.96. The molecular weight excluding hydrogens is 332 g/mol. The number of benzene rings is 2. The third-order valence-electron chi connectivity index (χ3n) is 3.29. The molecule has 0 aliphatic heterocycles. The Balaban J connectivity index is 1.72. The maximum atomic E-state index is 12.1. The normalized spacial score (nSPS) is 10.4. The zero-order valence-electron chi connectivity index (χ0n) is 12.6. The lowest BCUT2D eigenvalue weighted by Crippen LogP contribution is -2.29. The number of amides is 2. The molecule has 24 heavy (non-hydrogen) atoms. The van der Waals surface area contributed by atoms with Crippen molar-refractivity contribution in [3.63, 3.8) is 0 Å². The SMILES string of the molecule is COc1ccc(Cl)cc1NC(=O)C(=O)Nc1ccc2nc[nH]c2c1. The van der Waals surface area contributed by atoms with Crippen LogP contribution in [-0.2, 0) is 9.59 Å². The van der Waals surface area contributed by atoms with Crippen molar-refractivity contribution < 1.29 is 14.3 Å². The Kier molecular flexibility index (Phi) is 4.35. The zero-order chi connectivity index (χ0) is 17.1. The van der Waals surface area contributed by atoms with Gasteiger partial charge in [0.1, 0.15) is 5.75 Å². The molecule has 3 N–H and O–H groups in total. The van der Waals surface area contributed by atoms with Crippen LogP contribution >= 0.6 is 11.6 Å². The molecule has 1 aromatic heterocycles. The highest BCUT2D eigenvalue weighted by atomic mass is 35.5. The number of imidazole rings is 1. The van der Waals surface area contributed by atoms with Crippen LogP contribution in [0.4, 0.5) is 11.4 Å². The van der Waals surface area contributed by atoms with Gasteiger partial charge in [-0.15, -0.1) is 0 Å².